The standard InChI is InChI=1S/C34H37FN4O5S.ClH/c1-43-32-14-5-25(33(21-32)34(40)37-28-8-6-26(35)7-9-28)22-36-27-17-19-39(20-18-27)23-24-3-12-30(13-4-24)44-31-15-10-29(11-16-31)38-45(2,41)42;/h3-16,21,27,36,38H,17-20,22-23H2,1-2H3,(H,37,40);1H. The first-order valence-electron chi connectivity index (χ1n) is 14.7. The lowest BCUT2D eigenvalue weighted by atomic mass is 10.0. The van der Waals surface area contributed by atoms with Crippen molar-refractivity contribution in [3.63, 3.8) is 0 Å². The van der Waals surface area contributed by atoms with Crippen LogP contribution in [0.3, 0.4) is 0 Å². The van der Waals surface area contributed by atoms with Crippen LogP contribution >= 0.6 is 12.4 Å². The van der Waals surface area contributed by atoms with Gasteiger partial charge in [-0.3, -0.25) is 14.4 Å². The second kappa shape index (κ2) is 15.9. The minimum Gasteiger partial charge on any atom is -0.497 e. The van der Waals surface area contributed by atoms with Gasteiger partial charge in [-0.05, 0) is 110 Å². The zero-order chi connectivity index (χ0) is 31.8. The number of amides is 1. The maximum atomic E-state index is 13.3. The molecule has 4 aromatic carbocycles. The number of likely N-dealkylation sites (tertiary alicyclic amines) is 1. The van der Waals surface area contributed by atoms with Crippen LogP contribution in [0.2, 0.25) is 0 Å². The number of anilines is 2. The molecule has 1 heterocycles. The van der Waals surface area contributed by atoms with Gasteiger partial charge >= 0.3 is 0 Å². The lowest BCUT2D eigenvalue weighted by Crippen LogP contribution is -2.42. The number of ether oxygens (including phenoxy) is 2. The van der Waals surface area contributed by atoms with Gasteiger partial charge in [-0.15, -0.1) is 12.4 Å². The summed E-state index contributed by atoms with van der Waals surface area (Å²) in [5, 5.41) is 6.47. The van der Waals surface area contributed by atoms with Crippen molar-refractivity contribution in [3.8, 4) is 17.2 Å². The zero-order valence-corrected chi connectivity index (χ0v) is 27.3. The number of methoxy groups -OCH3 is 1. The fraction of sp³-hybridized carbons (Fsp3) is 0.265. The molecule has 0 bridgehead atoms. The Hall–Kier alpha value is -4.16. The number of nitrogens with one attached hydrogen (secondary N) is 3. The predicted octanol–water partition coefficient (Wildman–Crippen LogP) is 6.43. The molecule has 9 nitrogen and oxygen atoms in total. The largest absolute Gasteiger partial charge is 0.497 e. The Morgan fingerprint density at radius 1 is 0.870 bits per heavy atom. The molecule has 0 unspecified atom stereocenters. The lowest BCUT2D eigenvalue weighted by molar-refractivity contribution is 0.102. The number of benzene rings is 4. The molecule has 0 spiro atoms. The Kier molecular flexibility index (Phi) is 12.0. The molecule has 0 saturated carbocycles. The highest BCUT2D eigenvalue weighted by molar-refractivity contribution is 7.92. The first kappa shape index (κ1) is 34.7. The van der Waals surface area contributed by atoms with E-state index in [-0.39, 0.29) is 24.1 Å². The van der Waals surface area contributed by atoms with E-state index in [0.717, 1.165) is 44.3 Å². The molecule has 3 N–H and O–H groups in total. The van der Waals surface area contributed by atoms with E-state index in [1.807, 2.05) is 24.3 Å². The molecule has 1 saturated heterocycles. The van der Waals surface area contributed by atoms with E-state index in [1.165, 1.54) is 29.8 Å². The Morgan fingerprint density at radius 2 is 1.46 bits per heavy atom. The molecule has 4 aromatic rings. The number of nitrogens with zero attached hydrogens (tertiary/aromatic N) is 1. The van der Waals surface area contributed by atoms with Gasteiger partial charge < -0.3 is 20.1 Å². The van der Waals surface area contributed by atoms with Crippen molar-refractivity contribution in [2.24, 2.45) is 0 Å². The third kappa shape index (κ3) is 10.2. The third-order valence-corrected chi connectivity index (χ3v) is 8.16. The van der Waals surface area contributed by atoms with E-state index in [0.29, 0.717) is 46.8 Å². The number of carbonyl (C=O) groups is 1. The number of hydrogen-bond acceptors (Lipinski definition) is 7. The van der Waals surface area contributed by atoms with E-state index in [9.17, 15) is 17.6 Å². The van der Waals surface area contributed by atoms with Crippen LogP contribution in [0.25, 0.3) is 0 Å². The van der Waals surface area contributed by atoms with Crippen LogP contribution in [-0.4, -0.2) is 51.7 Å². The summed E-state index contributed by atoms with van der Waals surface area (Å²) in [7, 11) is -1.76. The molecule has 0 aliphatic carbocycles. The second-order valence-electron chi connectivity index (χ2n) is 11.1. The molecule has 1 aliphatic rings. The summed E-state index contributed by atoms with van der Waals surface area (Å²) in [6.07, 6.45) is 3.08. The minimum absolute atomic E-state index is 0. The zero-order valence-electron chi connectivity index (χ0n) is 25.7. The van der Waals surface area contributed by atoms with Gasteiger partial charge in [0.05, 0.1) is 13.4 Å². The van der Waals surface area contributed by atoms with Crippen LogP contribution < -0.4 is 24.8 Å². The Balaban J connectivity index is 0.00000480. The maximum Gasteiger partial charge on any atom is 0.256 e. The van der Waals surface area contributed by atoms with Gasteiger partial charge in [0.2, 0.25) is 10.0 Å². The van der Waals surface area contributed by atoms with Crippen molar-refractivity contribution in [1.29, 1.82) is 0 Å². The number of piperidine rings is 1. The molecular weight excluding hydrogens is 631 g/mol. The summed E-state index contributed by atoms with van der Waals surface area (Å²) in [6.45, 7) is 3.28. The molecule has 1 amide bonds. The molecule has 0 radical (unpaired) electrons. The Bertz CT molecular complexity index is 1700. The number of halogens is 2. The highest BCUT2D eigenvalue weighted by Gasteiger charge is 2.20. The van der Waals surface area contributed by atoms with E-state index < -0.39 is 10.0 Å². The van der Waals surface area contributed by atoms with Crippen molar-refractivity contribution in [1.82, 2.24) is 10.2 Å². The first-order chi connectivity index (χ1) is 21.6. The highest BCUT2D eigenvalue weighted by Crippen LogP contribution is 2.25. The number of sulfonamides is 1. The van der Waals surface area contributed by atoms with Crippen LogP contribution in [0.5, 0.6) is 17.2 Å². The van der Waals surface area contributed by atoms with Gasteiger partial charge in [-0.25, -0.2) is 12.8 Å². The smallest absolute Gasteiger partial charge is 0.256 e. The average Bonchev–Trinajstić information content (AvgIpc) is 3.03. The van der Waals surface area contributed by atoms with Crippen LogP contribution in [0.4, 0.5) is 15.8 Å². The Morgan fingerprint density at radius 3 is 2.07 bits per heavy atom. The molecule has 12 heteroatoms. The van der Waals surface area contributed by atoms with Crippen molar-refractivity contribution in [2.75, 3.05) is 36.5 Å². The van der Waals surface area contributed by atoms with Crippen LogP contribution in [0, 0.1) is 5.82 Å². The van der Waals surface area contributed by atoms with Crippen molar-refractivity contribution in [2.45, 2.75) is 32.0 Å². The maximum absolute atomic E-state index is 13.3. The monoisotopic (exact) mass is 668 g/mol. The normalized spacial score (nSPS) is 13.8. The summed E-state index contributed by atoms with van der Waals surface area (Å²) < 4.78 is 49.7. The van der Waals surface area contributed by atoms with E-state index >= 15 is 0 Å². The quantitative estimate of drug-likeness (QED) is 0.160. The van der Waals surface area contributed by atoms with Gasteiger partial charge in [0.25, 0.3) is 5.91 Å². The number of hydrogen-bond donors (Lipinski definition) is 3. The van der Waals surface area contributed by atoms with Gasteiger partial charge in [0.15, 0.2) is 0 Å². The average molecular weight is 669 g/mol. The number of rotatable bonds is 12. The molecular formula is C34H38ClFN4O5S. The van der Waals surface area contributed by atoms with Crippen LogP contribution in [-0.2, 0) is 23.1 Å². The van der Waals surface area contributed by atoms with Gasteiger partial charge in [-0.1, -0.05) is 18.2 Å². The molecule has 0 aromatic heterocycles. The van der Waals surface area contributed by atoms with Gasteiger partial charge in [-0.2, -0.15) is 0 Å². The third-order valence-electron chi connectivity index (χ3n) is 7.56. The van der Waals surface area contributed by atoms with Gasteiger partial charge in [0, 0.05) is 36.1 Å². The molecule has 5 rings (SSSR count). The summed E-state index contributed by atoms with van der Waals surface area (Å²) in [6, 6.07) is 26.2. The lowest BCUT2D eigenvalue weighted by Gasteiger charge is -2.32. The molecule has 1 fully saturated rings. The van der Waals surface area contributed by atoms with Crippen LogP contribution in [0.1, 0.15) is 34.3 Å². The fourth-order valence-electron chi connectivity index (χ4n) is 5.19. The summed E-state index contributed by atoms with van der Waals surface area (Å²) >= 11 is 0. The molecule has 1 aliphatic heterocycles. The summed E-state index contributed by atoms with van der Waals surface area (Å²) in [4.78, 5) is 15.5. The SMILES string of the molecule is COc1ccc(CNC2CCN(Cc3ccc(Oc4ccc(NS(C)(=O)=O)cc4)cc3)CC2)c(C(=O)Nc2ccc(F)cc2)c1.Cl. The fourth-order valence-corrected chi connectivity index (χ4v) is 5.76. The van der Waals surface area contributed by atoms with Crippen molar-refractivity contribution < 1.29 is 27.1 Å². The molecule has 0 atom stereocenters. The predicted molar refractivity (Wildman–Crippen MR) is 181 cm³/mol. The summed E-state index contributed by atoms with van der Waals surface area (Å²) in [5.74, 6) is 1.28. The highest BCUT2D eigenvalue weighted by atomic mass is 35.5. The summed E-state index contributed by atoms with van der Waals surface area (Å²) in [5.41, 5.74) is 3.57. The van der Waals surface area contributed by atoms with Crippen molar-refractivity contribution in [3.05, 3.63) is 114 Å². The van der Waals surface area contributed by atoms with Crippen molar-refractivity contribution >= 4 is 39.7 Å². The molecule has 244 valence electrons. The minimum atomic E-state index is -3.32. The van der Waals surface area contributed by atoms with Crippen LogP contribution in [0.15, 0.2) is 91.0 Å². The topological polar surface area (TPSA) is 109 Å². The molecule has 46 heavy (non-hydrogen) atoms. The van der Waals surface area contributed by atoms with E-state index in [4.69, 9.17) is 9.47 Å². The van der Waals surface area contributed by atoms with E-state index in [2.05, 4.69) is 32.4 Å². The Labute approximate surface area is 275 Å². The van der Waals surface area contributed by atoms with E-state index in [1.54, 1.807) is 37.4 Å². The second-order valence-corrected chi connectivity index (χ2v) is 12.8. The van der Waals surface area contributed by atoms with Gasteiger partial charge in [0.1, 0.15) is 23.1 Å². The first-order valence-corrected chi connectivity index (χ1v) is 16.6. The number of carbonyl (C=O) groups excluding carboxylic acids is 1.